The van der Waals surface area contributed by atoms with E-state index in [2.05, 4.69) is 10.3 Å². The van der Waals surface area contributed by atoms with E-state index in [1.54, 1.807) is 11.8 Å². The Balaban J connectivity index is 2.08. The molecule has 0 saturated carbocycles. The summed E-state index contributed by atoms with van der Waals surface area (Å²) in [6.45, 7) is 0.729. The number of para-hydroxylation sites is 1. The molecular weight excluding hydrogens is 194 g/mol. The van der Waals surface area contributed by atoms with Crippen LogP contribution in [0.4, 0.5) is 0 Å². The summed E-state index contributed by atoms with van der Waals surface area (Å²) in [5.74, 6) is 0. The van der Waals surface area contributed by atoms with Crippen molar-refractivity contribution in [3.05, 3.63) is 24.3 Å². The second-order valence-corrected chi connectivity index (χ2v) is 3.52. The van der Waals surface area contributed by atoms with Crippen LogP contribution in [-0.4, -0.2) is 34.8 Å². The van der Waals surface area contributed by atoms with Crippen molar-refractivity contribution in [3.63, 3.8) is 0 Å². The molecule has 0 radical (unpaired) electrons. The first-order chi connectivity index (χ1) is 7.40. The van der Waals surface area contributed by atoms with Crippen molar-refractivity contribution in [1.29, 1.82) is 0 Å². The smallest absolute Gasteiger partial charge is 0.180 e. The van der Waals surface area contributed by atoms with Gasteiger partial charge in [0.25, 0.3) is 0 Å². The van der Waals surface area contributed by atoms with Crippen LogP contribution in [0.25, 0.3) is 11.0 Å². The van der Waals surface area contributed by atoms with Crippen molar-refractivity contribution in [3.8, 4) is 0 Å². The molecule has 1 aromatic carbocycles. The van der Waals surface area contributed by atoms with Crippen molar-refractivity contribution < 1.29 is 9.47 Å². The Labute approximate surface area is 86.6 Å². The Hall–Kier alpha value is -1.46. The zero-order valence-electron chi connectivity index (χ0n) is 8.33. The van der Waals surface area contributed by atoms with Crippen LogP contribution in [-0.2, 0) is 9.47 Å². The Morgan fingerprint density at radius 3 is 3.07 bits per heavy atom. The largest absolute Gasteiger partial charge is 0.368 e. The van der Waals surface area contributed by atoms with Crippen molar-refractivity contribution in [2.24, 2.45) is 0 Å². The third-order valence-electron chi connectivity index (χ3n) is 2.54. The van der Waals surface area contributed by atoms with Crippen molar-refractivity contribution in [1.82, 2.24) is 15.0 Å². The first-order valence-electron chi connectivity index (χ1n) is 4.84. The van der Waals surface area contributed by atoms with E-state index in [0.29, 0.717) is 0 Å². The topological polar surface area (TPSA) is 52.5 Å². The van der Waals surface area contributed by atoms with E-state index >= 15 is 0 Å². The molecule has 0 aliphatic carbocycles. The molecule has 1 fully saturated rings. The van der Waals surface area contributed by atoms with E-state index in [9.17, 15) is 0 Å². The molecule has 0 N–H and O–H groups in total. The van der Waals surface area contributed by atoms with Crippen LogP contribution in [0.1, 0.15) is 6.23 Å². The summed E-state index contributed by atoms with van der Waals surface area (Å²) in [4.78, 5) is 0. The van der Waals surface area contributed by atoms with Crippen LogP contribution < -0.4 is 0 Å². The zero-order valence-corrected chi connectivity index (χ0v) is 8.33. The number of hydrogen-bond acceptors (Lipinski definition) is 4. The second-order valence-electron chi connectivity index (χ2n) is 3.52. The molecule has 0 spiro atoms. The molecule has 78 valence electrons. The molecule has 1 aliphatic heterocycles. The van der Waals surface area contributed by atoms with Gasteiger partial charge in [-0.2, -0.15) is 0 Å². The van der Waals surface area contributed by atoms with E-state index in [0.717, 1.165) is 17.6 Å². The highest BCUT2D eigenvalue weighted by Crippen LogP contribution is 2.27. The summed E-state index contributed by atoms with van der Waals surface area (Å²) in [6, 6.07) is 7.81. The molecule has 15 heavy (non-hydrogen) atoms. The van der Waals surface area contributed by atoms with Gasteiger partial charge in [0.1, 0.15) is 11.6 Å². The Morgan fingerprint density at radius 1 is 1.53 bits per heavy atom. The van der Waals surface area contributed by atoms with Crippen LogP contribution in [0, 0.1) is 0 Å². The van der Waals surface area contributed by atoms with E-state index < -0.39 is 0 Å². The van der Waals surface area contributed by atoms with Gasteiger partial charge in [0.15, 0.2) is 6.23 Å². The number of rotatable bonds is 3. The van der Waals surface area contributed by atoms with E-state index in [1.807, 2.05) is 24.3 Å². The number of ether oxygens (including phenoxy) is 2. The van der Waals surface area contributed by atoms with Gasteiger partial charge in [0.05, 0.1) is 12.1 Å². The lowest BCUT2D eigenvalue weighted by Gasteiger charge is -2.12. The lowest BCUT2D eigenvalue weighted by molar-refractivity contribution is 0.0129. The second kappa shape index (κ2) is 3.29. The highest BCUT2D eigenvalue weighted by Gasteiger charge is 2.35. The van der Waals surface area contributed by atoms with Crippen molar-refractivity contribution in [2.45, 2.75) is 12.3 Å². The maximum Gasteiger partial charge on any atom is 0.180 e. The van der Waals surface area contributed by atoms with Crippen LogP contribution in [0.2, 0.25) is 0 Å². The standard InChI is InChI=1S/C10H11N3O2/c1-14-10(9-6-15-9)13-8-5-3-2-4-7(8)11-12-13/h2-5,9-10H,6H2,1H3. The Morgan fingerprint density at radius 2 is 2.33 bits per heavy atom. The molecular formula is C10H11N3O2. The van der Waals surface area contributed by atoms with Crippen LogP contribution in [0.3, 0.4) is 0 Å². The van der Waals surface area contributed by atoms with Gasteiger partial charge in [-0.15, -0.1) is 5.10 Å². The Bertz CT molecular complexity index is 478. The number of fused-ring (bicyclic) bond motifs is 1. The predicted molar refractivity (Wildman–Crippen MR) is 53.3 cm³/mol. The van der Waals surface area contributed by atoms with Gasteiger partial charge in [0, 0.05) is 7.11 Å². The van der Waals surface area contributed by atoms with Crippen molar-refractivity contribution >= 4 is 11.0 Å². The van der Waals surface area contributed by atoms with Gasteiger partial charge in [-0.1, -0.05) is 17.3 Å². The molecule has 5 heteroatoms. The summed E-state index contributed by atoms with van der Waals surface area (Å²) in [5.41, 5.74) is 1.85. The van der Waals surface area contributed by atoms with Crippen LogP contribution in [0.5, 0.6) is 0 Å². The van der Waals surface area contributed by atoms with E-state index in [1.165, 1.54) is 0 Å². The molecule has 2 unspecified atom stereocenters. The van der Waals surface area contributed by atoms with Gasteiger partial charge >= 0.3 is 0 Å². The predicted octanol–water partition coefficient (Wildman–Crippen LogP) is 0.975. The third kappa shape index (κ3) is 1.40. The highest BCUT2D eigenvalue weighted by molar-refractivity contribution is 5.73. The van der Waals surface area contributed by atoms with Gasteiger partial charge < -0.3 is 9.47 Å². The number of epoxide rings is 1. The number of nitrogens with zero attached hydrogens (tertiary/aromatic N) is 3. The highest BCUT2D eigenvalue weighted by atomic mass is 16.6. The molecule has 5 nitrogen and oxygen atoms in total. The average molecular weight is 205 g/mol. The number of hydrogen-bond donors (Lipinski definition) is 0. The lowest BCUT2D eigenvalue weighted by atomic mass is 10.3. The number of methoxy groups -OCH3 is 1. The number of benzene rings is 1. The summed E-state index contributed by atoms with van der Waals surface area (Å²) < 4.78 is 12.4. The first-order valence-corrected chi connectivity index (χ1v) is 4.84. The lowest BCUT2D eigenvalue weighted by Crippen LogP contribution is -2.18. The average Bonchev–Trinajstić information content (AvgIpc) is 3.01. The molecule has 2 atom stereocenters. The van der Waals surface area contributed by atoms with Crippen LogP contribution >= 0.6 is 0 Å². The molecule has 2 heterocycles. The molecule has 2 aromatic rings. The number of aromatic nitrogens is 3. The summed E-state index contributed by atoms with van der Waals surface area (Å²) in [6.07, 6.45) is -0.0579. The molecule has 3 rings (SSSR count). The SMILES string of the molecule is COC(C1CO1)n1nnc2ccccc21. The minimum atomic E-state index is -0.169. The van der Waals surface area contributed by atoms with E-state index in [4.69, 9.17) is 9.47 Å². The van der Waals surface area contributed by atoms with Gasteiger partial charge in [0.2, 0.25) is 0 Å². The van der Waals surface area contributed by atoms with Crippen LogP contribution in [0.15, 0.2) is 24.3 Å². The zero-order chi connectivity index (χ0) is 10.3. The van der Waals surface area contributed by atoms with Gasteiger partial charge in [-0.3, -0.25) is 0 Å². The quantitative estimate of drug-likeness (QED) is 0.701. The van der Waals surface area contributed by atoms with Crippen molar-refractivity contribution in [2.75, 3.05) is 13.7 Å². The summed E-state index contributed by atoms with van der Waals surface area (Å²) >= 11 is 0. The maximum absolute atomic E-state index is 5.36. The fourth-order valence-corrected chi connectivity index (χ4v) is 1.70. The monoisotopic (exact) mass is 205 g/mol. The Kier molecular flexibility index (Phi) is 1.93. The normalized spacial score (nSPS) is 21.8. The minimum Gasteiger partial charge on any atom is -0.368 e. The van der Waals surface area contributed by atoms with Gasteiger partial charge in [-0.25, -0.2) is 4.68 Å². The molecule has 1 aromatic heterocycles. The third-order valence-corrected chi connectivity index (χ3v) is 2.54. The molecule has 1 aliphatic rings. The summed E-state index contributed by atoms with van der Waals surface area (Å²) in [7, 11) is 1.66. The van der Waals surface area contributed by atoms with Gasteiger partial charge in [-0.05, 0) is 12.1 Å². The fraction of sp³-hybridized carbons (Fsp3) is 0.400. The summed E-state index contributed by atoms with van der Waals surface area (Å²) in [5, 5.41) is 8.16. The minimum absolute atomic E-state index is 0.111. The molecule has 0 amide bonds. The fourth-order valence-electron chi connectivity index (χ4n) is 1.70. The maximum atomic E-state index is 5.36. The van der Waals surface area contributed by atoms with E-state index in [-0.39, 0.29) is 12.3 Å². The molecule has 0 bridgehead atoms. The molecule has 1 saturated heterocycles. The first kappa shape index (κ1) is 8.82.